The average molecular weight is 403 g/mol. The Bertz CT molecular complexity index is 679. The normalized spacial score (nSPS) is 20.7. The molecule has 0 fully saturated rings. The number of hydrogen-bond acceptors (Lipinski definition) is 3. The Morgan fingerprint density at radius 1 is 1.05 bits per heavy atom. The summed E-state index contributed by atoms with van der Waals surface area (Å²) < 4.78 is 0. The summed E-state index contributed by atoms with van der Waals surface area (Å²) in [6, 6.07) is 4.34. The third-order valence-electron chi connectivity index (χ3n) is 2.88. The molecule has 1 unspecified atom stereocenters. The first-order chi connectivity index (χ1) is 10.1. The molecular weight excluding hydrogens is 395 g/mol. The van der Waals surface area contributed by atoms with Gasteiger partial charge in [-0.3, -0.25) is 4.79 Å². The minimum Gasteiger partial charge on any atom is -0.360 e. The Morgan fingerprint density at radius 3 is 2.14 bits per heavy atom. The van der Waals surface area contributed by atoms with Gasteiger partial charge in [-0.2, -0.15) is 0 Å². The quantitative estimate of drug-likeness (QED) is 0.653. The number of carbonyl (C=O) groups is 1. The highest BCUT2D eigenvalue weighted by Crippen LogP contribution is 2.42. The SMILES string of the molecule is O=C(Nc1cc(Cl)cc(Cl)c1)C1C(Cl)=C(Cl)C=C(Cl)C1(O)O. The fraction of sp³-hybridized carbons (Fsp3) is 0.154. The van der Waals surface area contributed by atoms with Gasteiger partial charge in [0.2, 0.25) is 11.7 Å². The second-order valence-electron chi connectivity index (χ2n) is 4.49. The van der Waals surface area contributed by atoms with E-state index in [9.17, 15) is 15.0 Å². The number of carbonyl (C=O) groups excluding carboxylic acids is 1. The minimum atomic E-state index is -2.68. The van der Waals surface area contributed by atoms with Gasteiger partial charge in [0.15, 0.2) is 0 Å². The predicted molar refractivity (Wildman–Crippen MR) is 88.4 cm³/mol. The van der Waals surface area contributed by atoms with E-state index in [0.717, 1.165) is 6.08 Å². The Kier molecular flexibility index (Phi) is 5.34. The van der Waals surface area contributed by atoms with Crippen molar-refractivity contribution in [2.24, 2.45) is 5.92 Å². The smallest absolute Gasteiger partial charge is 0.238 e. The molecular formula is C13H8Cl5NO3. The van der Waals surface area contributed by atoms with Gasteiger partial charge < -0.3 is 15.5 Å². The van der Waals surface area contributed by atoms with Gasteiger partial charge in [0.25, 0.3) is 0 Å². The van der Waals surface area contributed by atoms with Crippen molar-refractivity contribution < 1.29 is 15.0 Å². The van der Waals surface area contributed by atoms with Crippen molar-refractivity contribution in [3.63, 3.8) is 0 Å². The largest absolute Gasteiger partial charge is 0.360 e. The van der Waals surface area contributed by atoms with Gasteiger partial charge >= 0.3 is 0 Å². The summed E-state index contributed by atoms with van der Waals surface area (Å²) in [4.78, 5) is 12.3. The predicted octanol–water partition coefficient (Wildman–Crippen LogP) is 4.05. The number of allylic oxidation sites excluding steroid dienone is 2. The molecule has 1 atom stereocenters. The molecule has 0 heterocycles. The van der Waals surface area contributed by atoms with Crippen LogP contribution in [0.1, 0.15) is 0 Å². The molecule has 4 nitrogen and oxygen atoms in total. The fourth-order valence-electron chi connectivity index (χ4n) is 1.88. The van der Waals surface area contributed by atoms with Crippen LogP contribution in [0.3, 0.4) is 0 Å². The van der Waals surface area contributed by atoms with Crippen LogP contribution in [-0.4, -0.2) is 21.9 Å². The van der Waals surface area contributed by atoms with Gasteiger partial charge in [-0.25, -0.2) is 0 Å². The van der Waals surface area contributed by atoms with Crippen molar-refractivity contribution in [3.8, 4) is 0 Å². The summed E-state index contributed by atoms with van der Waals surface area (Å²) in [5.74, 6) is -5.11. The van der Waals surface area contributed by atoms with Crippen LogP contribution in [0, 0.1) is 5.92 Å². The molecule has 1 aromatic carbocycles. The van der Waals surface area contributed by atoms with Crippen LogP contribution in [0.4, 0.5) is 5.69 Å². The fourth-order valence-corrected chi connectivity index (χ4v) is 3.20. The molecule has 22 heavy (non-hydrogen) atoms. The van der Waals surface area contributed by atoms with Crippen LogP contribution in [-0.2, 0) is 4.79 Å². The molecule has 3 N–H and O–H groups in total. The van der Waals surface area contributed by atoms with Gasteiger partial charge in [0.1, 0.15) is 5.92 Å². The van der Waals surface area contributed by atoms with Crippen molar-refractivity contribution in [2.45, 2.75) is 5.79 Å². The number of benzene rings is 1. The Morgan fingerprint density at radius 2 is 1.59 bits per heavy atom. The van der Waals surface area contributed by atoms with Crippen molar-refractivity contribution in [1.29, 1.82) is 0 Å². The van der Waals surface area contributed by atoms with E-state index < -0.39 is 22.6 Å². The van der Waals surface area contributed by atoms with E-state index >= 15 is 0 Å². The van der Waals surface area contributed by atoms with Gasteiger partial charge in [-0.05, 0) is 24.3 Å². The molecule has 0 spiro atoms. The standard InChI is InChI=1S/C13H8Cl5NO3/c14-5-1-6(15)3-7(2-5)19-12(20)10-11(18)8(16)4-9(17)13(10,21)22/h1-4,10,21-22H,(H,19,20). The summed E-state index contributed by atoms with van der Waals surface area (Å²) in [6.45, 7) is 0. The van der Waals surface area contributed by atoms with E-state index in [1.807, 2.05) is 0 Å². The molecule has 2 rings (SSSR count). The summed E-state index contributed by atoms with van der Waals surface area (Å²) in [6.07, 6.45) is 1.06. The maximum Gasteiger partial charge on any atom is 0.238 e. The Hall–Kier alpha value is -0.460. The number of aliphatic hydroxyl groups is 2. The van der Waals surface area contributed by atoms with Crippen LogP contribution in [0.5, 0.6) is 0 Å². The van der Waals surface area contributed by atoms with Crippen LogP contribution < -0.4 is 5.32 Å². The Labute approximate surface area is 150 Å². The molecule has 1 aromatic rings. The summed E-state index contributed by atoms with van der Waals surface area (Å²) in [5, 5.41) is 22.3. The van der Waals surface area contributed by atoms with E-state index in [4.69, 9.17) is 58.0 Å². The molecule has 118 valence electrons. The zero-order valence-electron chi connectivity index (χ0n) is 10.6. The maximum absolute atomic E-state index is 12.3. The average Bonchev–Trinajstić information content (AvgIpc) is 2.35. The molecule has 0 aliphatic heterocycles. The van der Waals surface area contributed by atoms with Gasteiger partial charge in [-0.15, -0.1) is 0 Å². The first-order valence-electron chi connectivity index (χ1n) is 5.77. The molecule has 0 saturated heterocycles. The lowest BCUT2D eigenvalue weighted by Gasteiger charge is -2.32. The van der Waals surface area contributed by atoms with Crippen molar-refractivity contribution in [1.82, 2.24) is 0 Å². The molecule has 0 bridgehead atoms. The monoisotopic (exact) mass is 401 g/mol. The van der Waals surface area contributed by atoms with Gasteiger partial charge in [0, 0.05) is 15.7 Å². The third-order valence-corrected chi connectivity index (χ3v) is 4.54. The zero-order valence-corrected chi connectivity index (χ0v) is 14.4. The highest BCUT2D eigenvalue weighted by molar-refractivity contribution is 6.43. The third kappa shape index (κ3) is 3.54. The van der Waals surface area contributed by atoms with E-state index in [-0.39, 0.29) is 15.8 Å². The molecule has 0 radical (unpaired) electrons. The second kappa shape index (κ2) is 6.57. The van der Waals surface area contributed by atoms with E-state index in [2.05, 4.69) is 5.32 Å². The summed E-state index contributed by atoms with van der Waals surface area (Å²) in [5.41, 5.74) is 0.254. The number of hydrogen-bond donors (Lipinski definition) is 3. The van der Waals surface area contributed by atoms with E-state index in [1.54, 1.807) is 0 Å². The number of amides is 1. The first kappa shape index (κ1) is 17.9. The Balaban J connectivity index is 2.34. The topological polar surface area (TPSA) is 69.6 Å². The number of anilines is 1. The second-order valence-corrected chi connectivity index (χ2v) is 6.59. The highest BCUT2D eigenvalue weighted by atomic mass is 35.5. The summed E-state index contributed by atoms with van der Waals surface area (Å²) in [7, 11) is 0. The summed E-state index contributed by atoms with van der Waals surface area (Å²) >= 11 is 29.1. The van der Waals surface area contributed by atoms with Gasteiger partial charge in [0.05, 0.1) is 15.1 Å². The van der Waals surface area contributed by atoms with Crippen molar-refractivity contribution >= 4 is 69.6 Å². The van der Waals surface area contributed by atoms with E-state index in [0.29, 0.717) is 10.0 Å². The van der Waals surface area contributed by atoms with Crippen molar-refractivity contribution in [2.75, 3.05) is 5.32 Å². The lowest BCUT2D eigenvalue weighted by molar-refractivity contribution is -0.164. The van der Waals surface area contributed by atoms with E-state index in [1.165, 1.54) is 18.2 Å². The minimum absolute atomic E-state index is 0.0605. The van der Waals surface area contributed by atoms with Crippen LogP contribution >= 0.6 is 58.0 Å². The molecule has 1 amide bonds. The highest BCUT2D eigenvalue weighted by Gasteiger charge is 2.48. The maximum atomic E-state index is 12.3. The number of nitrogens with one attached hydrogen (secondary N) is 1. The van der Waals surface area contributed by atoms with Crippen molar-refractivity contribution in [3.05, 3.63) is 49.4 Å². The first-order valence-corrected chi connectivity index (χ1v) is 7.66. The molecule has 9 heteroatoms. The zero-order chi connectivity index (χ0) is 16.7. The number of halogens is 5. The lowest BCUT2D eigenvalue weighted by Crippen LogP contribution is -2.47. The lowest BCUT2D eigenvalue weighted by atomic mass is 9.92. The molecule has 1 aliphatic carbocycles. The number of rotatable bonds is 2. The van der Waals surface area contributed by atoms with Gasteiger partial charge in [-0.1, -0.05) is 58.0 Å². The van der Waals surface area contributed by atoms with Crippen LogP contribution in [0.15, 0.2) is 39.4 Å². The van der Waals surface area contributed by atoms with Crippen LogP contribution in [0.25, 0.3) is 0 Å². The molecule has 0 aromatic heterocycles. The molecule has 1 aliphatic rings. The molecule has 0 saturated carbocycles. The van der Waals surface area contributed by atoms with Crippen LogP contribution in [0.2, 0.25) is 10.0 Å².